The summed E-state index contributed by atoms with van der Waals surface area (Å²) in [6, 6.07) is 19.5. The number of nitrogens with zero attached hydrogens (tertiary/aromatic N) is 3. The van der Waals surface area contributed by atoms with Crippen molar-refractivity contribution in [1.82, 2.24) is 14.8 Å². The summed E-state index contributed by atoms with van der Waals surface area (Å²) < 4.78 is 1.99. The summed E-state index contributed by atoms with van der Waals surface area (Å²) in [7, 11) is 0. The van der Waals surface area contributed by atoms with Gasteiger partial charge in [0, 0.05) is 5.75 Å². The summed E-state index contributed by atoms with van der Waals surface area (Å²) in [5, 5.41) is 4.33. The Hall–Kier alpha value is -2.07. The Morgan fingerprint density at radius 2 is 1.86 bits per heavy atom. The zero-order chi connectivity index (χ0) is 14.8. The van der Waals surface area contributed by atoms with E-state index in [2.05, 4.69) is 64.7 Å². The van der Waals surface area contributed by atoms with Gasteiger partial charge < -0.3 is 0 Å². The van der Waals surface area contributed by atoms with E-state index in [9.17, 15) is 0 Å². The lowest BCUT2D eigenvalue weighted by Crippen LogP contribution is -2.29. The van der Waals surface area contributed by atoms with Crippen LogP contribution in [0.15, 0.2) is 67.3 Å². The molecule has 1 aliphatic heterocycles. The highest BCUT2D eigenvalue weighted by Crippen LogP contribution is 2.50. The minimum Gasteiger partial charge on any atom is -0.251 e. The van der Waals surface area contributed by atoms with E-state index >= 15 is 0 Å². The molecule has 0 amide bonds. The highest BCUT2D eigenvalue weighted by molar-refractivity contribution is 7.99. The summed E-state index contributed by atoms with van der Waals surface area (Å²) >= 11 is 2.02. The van der Waals surface area contributed by atoms with Gasteiger partial charge in [0.1, 0.15) is 12.7 Å². The molecule has 4 rings (SSSR count). The first-order chi connectivity index (χ1) is 10.9. The number of fused-ring (bicyclic) bond motifs is 1. The van der Waals surface area contributed by atoms with Crippen LogP contribution in [0.3, 0.4) is 0 Å². The third-order valence-electron chi connectivity index (χ3n) is 4.23. The van der Waals surface area contributed by atoms with Crippen molar-refractivity contribution in [3.05, 3.63) is 83.9 Å². The summed E-state index contributed by atoms with van der Waals surface area (Å²) in [4.78, 5) is 4.10. The maximum atomic E-state index is 4.33. The largest absolute Gasteiger partial charge is 0.251 e. The van der Waals surface area contributed by atoms with Crippen LogP contribution >= 0.6 is 11.8 Å². The van der Waals surface area contributed by atoms with E-state index in [1.165, 1.54) is 16.7 Å². The molecule has 4 heteroatoms. The van der Waals surface area contributed by atoms with Gasteiger partial charge in [0.2, 0.25) is 0 Å². The van der Waals surface area contributed by atoms with Gasteiger partial charge in [-0.25, -0.2) is 4.98 Å². The fraction of sp³-hybridized carbons (Fsp3) is 0.222. The topological polar surface area (TPSA) is 30.7 Å². The molecule has 0 radical (unpaired) electrons. The number of hydrogen-bond acceptors (Lipinski definition) is 3. The Labute approximate surface area is 134 Å². The van der Waals surface area contributed by atoms with Crippen LogP contribution in [0.4, 0.5) is 0 Å². The van der Waals surface area contributed by atoms with E-state index in [4.69, 9.17) is 0 Å². The van der Waals surface area contributed by atoms with Crippen molar-refractivity contribution >= 4 is 11.8 Å². The number of benzene rings is 2. The molecule has 0 N–H and O–H groups in total. The van der Waals surface area contributed by atoms with Crippen LogP contribution in [0, 0.1) is 0 Å². The van der Waals surface area contributed by atoms with Crippen molar-refractivity contribution < 1.29 is 0 Å². The molecular formula is C18H17N3S. The first kappa shape index (κ1) is 13.6. The van der Waals surface area contributed by atoms with Crippen LogP contribution in [0.2, 0.25) is 0 Å². The lowest BCUT2D eigenvalue weighted by molar-refractivity contribution is 0.475. The average molecular weight is 307 g/mol. The van der Waals surface area contributed by atoms with E-state index in [0.717, 1.165) is 18.7 Å². The molecule has 22 heavy (non-hydrogen) atoms. The van der Waals surface area contributed by atoms with Crippen molar-refractivity contribution in [3.8, 4) is 0 Å². The van der Waals surface area contributed by atoms with Crippen molar-refractivity contribution in [3.63, 3.8) is 0 Å². The summed E-state index contributed by atoms with van der Waals surface area (Å²) in [5.74, 6) is 1.07. The number of thioether (sulfide) groups is 1. The van der Waals surface area contributed by atoms with Gasteiger partial charge in [-0.15, -0.1) is 11.8 Å². The minimum atomic E-state index is 0.0334. The van der Waals surface area contributed by atoms with Gasteiger partial charge in [-0.3, -0.25) is 4.68 Å². The molecule has 0 saturated carbocycles. The van der Waals surface area contributed by atoms with E-state index in [0.29, 0.717) is 0 Å². The SMILES string of the molecule is c1ccc(CC2(Cn3cncn3)SCc3ccccc32)cc1. The van der Waals surface area contributed by atoms with Gasteiger partial charge in [0.15, 0.2) is 0 Å². The van der Waals surface area contributed by atoms with Crippen molar-refractivity contribution in [2.75, 3.05) is 0 Å². The molecule has 110 valence electrons. The van der Waals surface area contributed by atoms with E-state index in [1.807, 2.05) is 22.8 Å². The molecule has 1 aliphatic rings. The predicted octanol–water partition coefficient (Wildman–Crippen LogP) is 3.66. The molecule has 1 aromatic heterocycles. The summed E-state index contributed by atoms with van der Waals surface area (Å²) in [6.07, 6.45) is 4.44. The molecule has 0 fully saturated rings. The Morgan fingerprint density at radius 1 is 1.05 bits per heavy atom. The third kappa shape index (κ3) is 2.44. The van der Waals surface area contributed by atoms with Gasteiger partial charge in [-0.2, -0.15) is 5.10 Å². The normalized spacial score (nSPS) is 20.0. The van der Waals surface area contributed by atoms with Crippen LogP contribution in [0.25, 0.3) is 0 Å². The highest BCUT2D eigenvalue weighted by atomic mass is 32.2. The van der Waals surface area contributed by atoms with E-state index in [1.54, 1.807) is 6.33 Å². The third-order valence-corrected chi connectivity index (χ3v) is 5.73. The number of hydrogen-bond donors (Lipinski definition) is 0. The zero-order valence-electron chi connectivity index (χ0n) is 12.2. The van der Waals surface area contributed by atoms with Crippen molar-refractivity contribution in [1.29, 1.82) is 0 Å². The monoisotopic (exact) mass is 307 g/mol. The fourth-order valence-electron chi connectivity index (χ4n) is 3.22. The summed E-state index contributed by atoms with van der Waals surface area (Å²) in [6.45, 7) is 0.851. The molecule has 0 aliphatic carbocycles. The standard InChI is InChI=1S/C18H17N3S/c1-2-6-15(7-3-1)10-18(12-21-14-19-13-20-21)17-9-5-4-8-16(17)11-22-18/h1-9,13-14H,10-12H2. The molecular weight excluding hydrogens is 290 g/mol. The Balaban J connectivity index is 1.75. The lowest BCUT2D eigenvalue weighted by Gasteiger charge is -2.29. The second-order valence-electron chi connectivity index (χ2n) is 5.70. The quantitative estimate of drug-likeness (QED) is 0.737. The minimum absolute atomic E-state index is 0.0334. The highest BCUT2D eigenvalue weighted by Gasteiger charge is 2.40. The average Bonchev–Trinajstić information content (AvgIpc) is 3.18. The zero-order valence-corrected chi connectivity index (χ0v) is 13.0. The smallest absolute Gasteiger partial charge is 0.137 e. The van der Waals surface area contributed by atoms with E-state index in [-0.39, 0.29) is 4.75 Å². The molecule has 0 spiro atoms. The second kappa shape index (κ2) is 5.61. The van der Waals surface area contributed by atoms with Crippen molar-refractivity contribution in [2.24, 2.45) is 0 Å². The van der Waals surface area contributed by atoms with Gasteiger partial charge in [-0.1, -0.05) is 54.6 Å². The van der Waals surface area contributed by atoms with Crippen LogP contribution in [0.5, 0.6) is 0 Å². The molecule has 0 saturated heterocycles. The first-order valence-electron chi connectivity index (χ1n) is 7.44. The Morgan fingerprint density at radius 3 is 2.68 bits per heavy atom. The van der Waals surface area contributed by atoms with Gasteiger partial charge in [-0.05, 0) is 23.1 Å². The number of aromatic nitrogens is 3. The number of rotatable bonds is 4. The van der Waals surface area contributed by atoms with Gasteiger partial charge >= 0.3 is 0 Å². The summed E-state index contributed by atoms with van der Waals surface area (Å²) in [5.41, 5.74) is 4.26. The predicted molar refractivity (Wildman–Crippen MR) is 89.6 cm³/mol. The molecule has 2 heterocycles. The van der Waals surface area contributed by atoms with Crippen LogP contribution in [-0.4, -0.2) is 14.8 Å². The maximum Gasteiger partial charge on any atom is 0.137 e. The molecule has 3 nitrogen and oxygen atoms in total. The van der Waals surface area contributed by atoms with Crippen LogP contribution < -0.4 is 0 Å². The van der Waals surface area contributed by atoms with E-state index < -0.39 is 0 Å². The molecule has 3 aromatic rings. The van der Waals surface area contributed by atoms with Crippen LogP contribution in [0.1, 0.15) is 16.7 Å². The Kier molecular flexibility index (Phi) is 3.47. The lowest BCUT2D eigenvalue weighted by atomic mass is 9.88. The fourth-order valence-corrected chi connectivity index (χ4v) is 4.75. The maximum absolute atomic E-state index is 4.33. The molecule has 2 aromatic carbocycles. The van der Waals surface area contributed by atoms with Crippen molar-refractivity contribution in [2.45, 2.75) is 23.5 Å². The molecule has 1 unspecified atom stereocenters. The van der Waals surface area contributed by atoms with Gasteiger partial charge in [0.25, 0.3) is 0 Å². The molecule has 1 atom stereocenters. The molecule has 0 bridgehead atoms. The second-order valence-corrected chi connectivity index (χ2v) is 7.05. The van der Waals surface area contributed by atoms with Gasteiger partial charge in [0.05, 0.1) is 11.3 Å². The first-order valence-corrected chi connectivity index (χ1v) is 8.43. The Bertz CT molecular complexity index is 755. The van der Waals surface area contributed by atoms with Crippen LogP contribution in [-0.2, 0) is 23.5 Å².